The van der Waals surface area contributed by atoms with Gasteiger partial charge in [0.25, 0.3) is 0 Å². The second kappa shape index (κ2) is 15.9. The molecule has 0 aromatic rings. The van der Waals surface area contributed by atoms with Crippen LogP contribution in [0.2, 0.25) is 1.06 Å². The molecule has 62 valence electrons. The van der Waals surface area contributed by atoms with Gasteiger partial charge in [-0.2, -0.15) is 0 Å². The van der Waals surface area contributed by atoms with Crippen LogP contribution < -0.4 is 0 Å². The molecule has 0 aliphatic carbocycles. The monoisotopic (exact) mass is 294 g/mol. The zero-order chi connectivity index (χ0) is 10.8. The molecule has 4 heteroatoms. The van der Waals surface area contributed by atoms with Crippen LogP contribution >= 0.6 is 0 Å². The van der Waals surface area contributed by atoms with Gasteiger partial charge in [-0.1, -0.05) is 0 Å². The molecule has 0 rings (SSSR count). The molecule has 0 aliphatic heterocycles. The average molecular weight is 295 g/mol. The molecule has 0 bridgehead atoms. The molecule has 0 amide bonds. The van der Waals surface area contributed by atoms with Crippen LogP contribution in [0.5, 0.6) is 0 Å². The van der Waals surface area contributed by atoms with Crippen molar-refractivity contribution in [2.75, 3.05) is 0 Å². The maximum absolute atomic E-state index is 1.62. The van der Waals surface area contributed by atoms with Crippen LogP contribution in [-0.2, 0) is 0 Å². The van der Waals surface area contributed by atoms with Crippen LogP contribution in [0, 0.1) is 0 Å². The van der Waals surface area contributed by atoms with E-state index in [9.17, 15) is 0 Å². The fourth-order valence-corrected chi connectivity index (χ4v) is 5.55. The summed E-state index contributed by atoms with van der Waals surface area (Å²) in [4.78, 5) is 0. The molecule has 0 N–H and O–H groups in total. The van der Waals surface area contributed by atoms with Crippen LogP contribution in [0.4, 0.5) is 0 Å². The Morgan fingerprint density at radius 3 is 1.29 bits per heavy atom. The van der Waals surface area contributed by atoms with Gasteiger partial charge in [0, 0.05) is 0 Å². The minimum absolute atomic E-state index is 1.11. The summed E-state index contributed by atoms with van der Waals surface area (Å²) >= 11 is 4.47. The molecule has 14 heavy (non-hydrogen) atoms. The summed E-state index contributed by atoms with van der Waals surface area (Å²) in [5.74, 6) is 0. The SMILES string of the molecule is [K][CH2]CC[CH]([K])CC[CH]([K])CC[CH2][K]. The van der Waals surface area contributed by atoms with E-state index in [4.69, 9.17) is 0 Å². The molecule has 0 nitrogen and oxygen atoms in total. The van der Waals surface area contributed by atoms with E-state index in [1.165, 1.54) is 0.0249 Å². The number of rotatable bonds is 9. The second-order valence-electron chi connectivity index (χ2n) is 5.07. The second-order valence-corrected chi connectivity index (χ2v) is 13.3. The van der Waals surface area contributed by atoms with E-state index < -0.39 is 0 Å². The van der Waals surface area contributed by atoms with Gasteiger partial charge in [-0.05, 0) is 0 Å². The Balaban J connectivity index is 3.31. The Kier molecular flexibility index (Phi) is 23.4. The van der Waals surface area contributed by atoms with Crippen molar-refractivity contribution in [3.63, 3.8) is 0 Å². The zero-order valence-corrected chi connectivity index (χ0v) is 23.3. The Labute approximate surface area is 226 Å². The molecule has 2 atom stereocenters. The Hall–Kier alpha value is 6.55. The summed E-state index contributed by atoms with van der Waals surface area (Å²) in [5, 5.41) is 0. The first-order chi connectivity index (χ1) is 6.70. The normalized spacial score (nSPS) is 15.7. The van der Waals surface area contributed by atoms with Crippen LogP contribution in [-0.4, -0.2) is 196 Å². The third-order valence-electron chi connectivity index (χ3n) is 3.25. The standard InChI is InChI=1S/C10H18.4K/c1-3-5-7-9-10-8-6-4-2;;;;/h7-8H,1-6,9-10H2;;;;. The molecular formula is C10H18K4. The van der Waals surface area contributed by atoms with E-state index in [0.717, 1.165) is 196 Å². The summed E-state index contributed by atoms with van der Waals surface area (Å²) in [5.41, 5.74) is 0. The summed E-state index contributed by atoms with van der Waals surface area (Å²) in [6.45, 7) is 0. The van der Waals surface area contributed by atoms with Crippen molar-refractivity contribution >= 4 is 196 Å². The third-order valence-corrected chi connectivity index (χ3v) is 9.07. The van der Waals surface area contributed by atoms with Gasteiger partial charge in [0.05, 0.1) is 0 Å². The molecule has 0 radical (unpaired) electrons. The first kappa shape index (κ1) is 20.5. The fraction of sp³-hybridized carbons (Fsp3) is 1.00. The maximum atomic E-state index is 1.62. The van der Waals surface area contributed by atoms with Crippen molar-refractivity contribution in [3.8, 4) is 0 Å². The van der Waals surface area contributed by atoms with E-state index in [0.29, 0.717) is 0 Å². The topological polar surface area (TPSA) is 0 Å². The van der Waals surface area contributed by atoms with Crippen molar-refractivity contribution in [1.82, 2.24) is 0 Å². The van der Waals surface area contributed by atoms with E-state index >= 15 is 0 Å². The minimum atomic E-state index is 1.11. The summed E-state index contributed by atoms with van der Waals surface area (Å²) in [6, 6.07) is 0. The Morgan fingerprint density at radius 1 is 0.643 bits per heavy atom. The van der Waals surface area contributed by atoms with Gasteiger partial charge in [0.15, 0.2) is 0 Å². The molecule has 0 aromatic carbocycles. The quantitative estimate of drug-likeness (QED) is 0.573. The molecule has 0 fully saturated rings. The summed E-state index contributed by atoms with van der Waals surface area (Å²) in [7, 11) is 0. The van der Waals surface area contributed by atoms with Gasteiger partial charge in [-0.3, -0.25) is 0 Å². The Bertz CT molecular complexity index is 105. The van der Waals surface area contributed by atoms with Crippen molar-refractivity contribution in [2.24, 2.45) is 0 Å². The van der Waals surface area contributed by atoms with Gasteiger partial charge in [-0.15, -0.1) is 0 Å². The summed E-state index contributed by atoms with van der Waals surface area (Å²) in [6.07, 6.45) is 9.58. The van der Waals surface area contributed by atoms with Crippen molar-refractivity contribution in [1.29, 1.82) is 0 Å². The predicted octanol–water partition coefficient (Wildman–Crippen LogP) is 2.41. The average Bonchev–Trinajstić information content (AvgIpc) is 2.20. The van der Waals surface area contributed by atoms with E-state index in [2.05, 4.69) is 0 Å². The first-order valence-corrected chi connectivity index (χ1v) is 14.7. The molecule has 0 spiro atoms. The van der Waals surface area contributed by atoms with Crippen molar-refractivity contribution in [2.45, 2.75) is 39.6 Å². The van der Waals surface area contributed by atoms with Gasteiger partial charge >= 0.3 is 235 Å². The number of hydrogen-bond donors (Lipinski definition) is 0. The molecular weight excluding hydrogens is 277 g/mol. The van der Waals surface area contributed by atoms with Gasteiger partial charge in [0.1, 0.15) is 0 Å². The van der Waals surface area contributed by atoms with Crippen molar-refractivity contribution < 1.29 is 0 Å². The van der Waals surface area contributed by atoms with Gasteiger partial charge in [0.2, 0.25) is 0 Å². The molecule has 2 unspecified atom stereocenters. The van der Waals surface area contributed by atoms with E-state index in [1.807, 2.05) is 0 Å². The van der Waals surface area contributed by atoms with Crippen LogP contribution in [0.15, 0.2) is 0 Å². The van der Waals surface area contributed by atoms with Crippen molar-refractivity contribution in [3.05, 3.63) is 0 Å². The zero-order valence-electron chi connectivity index (χ0n) is 10.8. The van der Waals surface area contributed by atoms with Crippen LogP contribution in [0.3, 0.4) is 0 Å². The van der Waals surface area contributed by atoms with Gasteiger partial charge < -0.3 is 0 Å². The van der Waals surface area contributed by atoms with E-state index in [1.54, 1.807) is 39.6 Å². The molecule has 0 saturated carbocycles. The molecule has 0 aromatic heterocycles. The molecule has 0 aliphatic rings. The first-order valence-electron chi connectivity index (χ1n) is 6.70. The molecule has 0 saturated heterocycles. The van der Waals surface area contributed by atoms with Crippen LogP contribution in [0.25, 0.3) is 0 Å². The van der Waals surface area contributed by atoms with Gasteiger partial charge in [-0.25, -0.2) is 0 Å². The predicted molar refractivity (Wildman–Crippen MR) is 67.8 cm³/mol. The fourth-order valence-electron chi connectivity index (χ4n) is 1.96. The number of hydrogen-bond acceptors (Lipinski definition) is 0. The van der Waals surface area contributed by atoms with Crippen LogP contribution in [0.1, 0.15) is 38.5 Å². The Morgan fingerprint density at radius 2 is 1.00 bits per heavy atom. The van der Waals surface area contributed by atoms with E-state index in [-0.39, 0.29) is 0 Å². The summed E-state index contributed by atoms with van der Waals surface area (Å²) < 4.78 is 5.62. The third kappa shape index (κ3) is 14.9. The molecule has 0 heterocycles.